The standard InChI is InChI=1S/C20H16FN3O4S/c1-24-19-18(7-4-10-22-19)28-17-9-8-14(11-15(17)20(24)25)29(26,27)23-12-13-5-2-3-6-16(13)21/h2-11,23H,12H2,1H3. The van der Waals surface area contributed by atoms with Gasteiger partial charge in [0, 0.05) is 25.4 Å². The highest BCUT2D eigenvalue weighted by molar-refractivity contribution is 7.89. The number of aromatic nitrogens is 1. The van der Waals surface area contributed by atoms with E-state index >= 15 is 0 Å². The summed E-state index contributed by atoms with van der Waals surface area (Å²) in [6.45, 7) is -0.216. The van der Waals surface area contributed by atoms with Crippen LogP contribution in [-0.4, -0.2) is 26.4 Å². The van der Waals surface area contributed by atoms with Gasteiger partial charge in [0.15, 0.2) is 11.6 Å². The van der Waals surface area contributed by atoms with E-state index in [0.29, 0.717) is 11.6 Å². The Labute approximate surface area is 166 Å². The van der Waals surface area contributed by atoms with Crippen LogP contribution in [0.2, 0.25) is 0 Å². The van der Waals surface area contributed by atoms with Crippen molar-refractivity contribution in [3.8, 4) is 11.5 Å². The Morgan fingerprint density at radius 2 is 1.90 bits per heavy atom. The van der Waals surface area contributed by atoms with Crippen molar-refractivity contribution >= 4 is 21.7 Å². The van der Waals surface area contributed by atoms with Gasteiger partial charge in [0.1, 0.15) is 11.6 Å². The molecule has 4 rings (SSSR count). The van der Waals surface area contributed by atoms with Gasteiger partial charge in [-0.1, -0.05) is 18.2 Å². The van der Waals surface area contributed by atoms with E-state index in [0.717, 1.165) is 0 Å². The predicted octanol–water partition coefficient (Wildman–Crippen LogP) is 3.08. The van der Waals surface area contributed by atoms with Crippen molar-refractivity contribution in [2.45, 2.75) is 11.4 Å². The number of nitrogens with zero attached hydrogens (tertiary/aromatic N) is 2. The number of amides is 1. The first-order chi connectivity index (χ1) is 13.9. The molecule has 0 saturated heterocycles. The molecule has 0 spiro atoms. The quantitative estimate of drug-likeness (QED) is 0.710. The molecule has 2 aromatic carbocycles. The zero-order chi connectivity index (χ0) is 20.6. The van der Waals surface area contributed by atoms with E-state index in [9.17, 15) is 17.6 Å². The van der Waals surface area contributed by atoms with Crippen LogP contribution >= 0.6 is 0 Å². The topological polar surface area (TPSA) is 88.6 Å². The Morgan fingerprint density at radius 1 is 1.10 bits per heavy atom. The third kappa shape index (κ3) is 3.57. The Hall–Kier alpha value is -3.30. The van der Waals surface area contributed by atoms with Crippen molar-refractivity contribution in [1.82, 2.24) is 9.71 Å². The average Bonchev–Trinajstić information content (AvgIpc) is 2.82. The molecule has 0 saturated carbocycles. The van der Waals surface area contributed by atoms with Gasteiger partial charge in [-0.15, -0.1) is 0 Å². The number of ether oxygens (including phenoxy) is 1. The highest BCUT2D eigenvalue weighted by atomic mass is 32.2. The molecule has 9 heteroatoms. The SMILES string of the molecule is CN1C(=O)c2cc(S(=O)(=O)NCc3ccccc3F)ccc2Oc2cccnc21. The molecule has 0 fully saturated rings. The normalized spacial score (nSPS) is 13.3. The second-order valence-corrected chi connectivity index (χ2v) is 8.13. The summed E-state index contributed by atoms with van der Waals surface area (Å²) in [5, 5.41) is 0. The highest BCUT2D eigenvalue weighted by Crippen LogP contribution is 2.37. The predicted molar refractivity (Wildman–Crippen MR) is 104 cm³/mol. The number of hydrogen-bond donors (Lipinski definition) is 1. The van der Waals surface area contributed by atoms with E-state index in [1.807, 2.05) is 0 Å². The molecule has 1 N–H and O–H groups in total. The summed E-state index contributed by atoms with van der Waals surface area (Å²) >= 11 is 0. The zero-order valence-corrected chi connectivity index (χ0v) is 16.1. The average molecular weight is 413 g/mol. The molecule has 29 heavy (non-hydrogen) atoms. The van der Waals surface area contributed by atoms with Crippen molar-refractivity contribution in [2.24, 2.45) is 0 Å². The van der Waals surface area contributed by atoms with Crippen LogP contribution in [0.3, 0.4) is 0 Å². The second-order valence-electron chi connectivity index (χ2n) is 6.37. The summed E-state index contributed by atoms with van der Waals surface area (Å²) in [6, 6.07) is 13.2. The molecule has 2 heterocycles. The third-order valence-corrected chi connectivity index (χ3v) is 5.89. The maximum Gasteiger partial charge on any atom is 0.263 e. The van der Waals surface area contributed by atoms with E-state index in [1.54, 1.807) is 18.2 Å². The van der Waals surface area contributed by atoms with Crippen molar-refractivity contribution in [1.29, 1.82) is 0 Å². The zero-order valence-electron chi connectivity index (χ0n) is 15.3. The van der Waals surface area contributed by atoms with Crippen LogP contribution in [0.5, 0.6) is 11.5 Å². The number of rotatable bonds is 4. The number of halogens is 1. The number of fused-ring (bicyclic) bond motifs is 2. The van der Waals surface area contributed by atoms with Crippen molar-refractivity contribution in [3.05, 3.63) is 77.7 Å². The van der Waals surface area contributed by atoms with Crippen LogP contribution < -0.4 is 14.4 Å². The third-order valence-electron chi connectivity index (χ3n) is 4.50. The summed E-state index contributed by atoms with van der Waals surface area (Å²) < 4.78 is 47.2. The number of carbonyl (C=O) groups is 1. The minimum absolute atomic E-state index is 0.0827. The number of sulfonamides is 1. The van der Waals surface area contributed by atoms with Crippen LogP contribution in [0.15, 0.2) is 65.7 Å². The molecule has 0 aliphatic carbocycles. The van der Waals surface area contributed by atoms with Crippen molar-refractivity contribution < 1.29 is 22.3 Å². The lowest BCUT2D eigenvalue weighted by atomic mass is 10.2. The summed E-state index contributed by atoms with van der Waals surface area (Å²) in [4.78, 5) is 18.2. The Morgan fingerprint density at radius 3 is 2.69 bits per heavy atom. The first kappa shape index (κ1) is 19.0. The van der Waals surface area contributed by atoms with Gasteiger partial charge in [0.2, 0.25) is 10.0 Å². The van der Waals surface area contributed by atoms with Crippen molar-refractivity contribution in [2.75, 3.05) is 11.9 Å². The second kappa shape index (κ2) is 7.26. The lowest BCUT2D eigenvalue weighted by Gasteiger charge is -2.14. The number of nitrogens with one attached hydrogen (secondary N) is 1. The number of hydrogen-bond acceptors (Lipinski definition) is 5. The summed E-state index contributed by atoms with van der Waals surface area (Å²) in [6.07, 6.45) is 1.53. The maximum atomic E-state index is 13.8. The fourth-order valence-electron chi connectivity index (χ4n) is 2.94. The van der Waals surface area contributed by atoms with Crippen LogP contribution in [-0.2, 0) is 16.6 Å². The van der Waals surface area contributed by atoms with E-state index in [-0.39, 0.29) is 28.3 Å². The number of benzene rings is 2. The molecule has 1 aliphatic rings. The smallest absolute Gasteiger partial charge is 0.263 e. The van der Waals surface area contributed by atoms with Crippen LogP contribution in [0.25, 0.3) is 0 Å². The molecule has 0 unspecified atom stereocenters. The van der Waals surface area contributed by atoms with Crippen LogP contribution in [0.4, 0.5) is 10.2 Å². The van der Waals surface area contributed by atoms with Gasteiger partial charge in [0.25, 0.3) is 5.91 Å². The van der Waals surface area contributed by atoms with Gasteiger partial charge in [-0.05, 0) is 36.4 Å². The molecule has 1 amide bonds. The van der Waals surface area contributed by atoms with Crippen molar-refractivity contribution in [3.63, 3.8) is 0 Å². The van der Waals surface area contributed by atoms with Gasteiger partial charge in [0.05, 0.1) is 10.5 Å². The van der Waals surface area contributed by atoms with Gasteiger partial charge in [-0.25, -0.2) is 22.5 Å². The van der Waals surface area contributed by atoms with Gasteiger partial charge < -0.3 is 4.74 Å². The molecule has 148 valence electrons. The molecular formula is C20H16FN3O4S. The molecule has 0 atom stereocenters. The summed E-state index contributed by atoms with van der Waals surface area (Å²) in [7, 11) is -2.46. The van der Waals surface area contributed by atoms with Crippen LogP contribution in [0, 0.1) is 5.82 Å². The van der Waals surface area contributed by atoms with E-state index in [1.165, 1.54) is 54.5 Å². The highest BCUT2D eigenvalue weighted by Gasteiger charge is 2.28. The Balaban J connectivity index is 1.66. The fourth-order valence-corrected chi connectivity index (χ4v) is 3.97. The van der Waals surface area contributed by atoms with E-state index in [2.05, 4.69) is 9.71 Å². The number of carbonyl (C=O) groups excluding carboxylic acids is 1. The lowest BCUT2D eigenvalue weighted by molar-refractivity contribution is 0.0992. The maximum absolute atomic E-state index is 13.8. The monoisotopic (exact) mass is 413 g/mol. The van der Waals surface area contributed by atoms with Gasteiger partial charge in [-0.3, -0.25) is 9.69 Å². The van der Waals surface area contributed by atoms with E-state index < -0.39 is 21.7 Å². The molecule has 0 radical (unpaired) electrons. The first-order valence-electron chi connectivity index (χ1n) is 8.65. The Kier molecular flexibility index (Phi) is 4.77. The molecule has 3 aromatic rings. The summed E-state index contributed by atoms with van der Waals surface area (Å²) in [5.74, 6) is -0.0241. The molecule has 7 nitrogen and oxygen atoms in total. The number of anilines is 1. The molecule has 1 aromatic heterocycles. The van der Waals surface area contributed by atoms with Crippen LogP contribution in [0.1, 0.15) is 15.9 Å². The minimum atomic E-state index is -3.99. The molecule has 1 aliphatic heterocycles. The molecule has 0 bridgehead atoms. The molecular weight excluding hydrogens is 397 g/mol. The number of pyridine rings is 1. The summed E-state index contributed by atoms with van der Waals surface area (Å²) in [5.41, 5.74) is 0.297. The fraction of sp³-hybridized carbons (Fsp3) is 0.100. The minimum Gasteiger partial charge on any atom is -0.453 e. The first-order valence-corrected chi connectivity index (χ1v) is 10.1. The van der Waals surface area contributed by atoms with E-state index in [4.69, 9.17) is 4.74 Å². The lowest BCUT2D eigenvalue weighted by Crippen LogP contribution is -2.27. The largest absolute Gasteiger partial charge is 0.453 e. The Bertz CT molecular complexity index is 1210. The van der Waals surface area contributed by atoms with Gasteiger partial charge >= 0.3 is 0 Å². The van der Waals surface area contributed by atoms with Gasteiger partial charge in [-0.2, -0.15) is 0 Å².